The van der Waals surface area contributed by atoms with E-state index in [0.29, 0.717) is 12.1 Å². The van der Waals surface area contributed by atoms with Gasteiger partial charge in [0.05, 0.1) is 5.56 Å². The van der Waals surface area contributed by atoms with Crippen LogP contribution in [0.1, 0.15) is 34.7 Å². The van der Waals surface area contributed by atoms with E-state index < -0.39 is 11.7 Å². The minimum atomic E-state index is -4.35. The summed E-state index contributed by atoms with van der Waals surface area (Å²) in [6, 6.07) is 12.6. The molecule has 4 nitrogen and oxygen atoms in total. The van der Waals surface area contributed by atoms with E-state index in [9.17, 15) is 13.2 Å². The molecular formula is C25H32ClF3N4. The Labute approximate surface area is 199 Å². The fraction of sp³-hybridized carbons (Fsp3) is 0.520. The summed E-state index contributed by atoms with van der Waals surface area (Å²) < 4.78 is 41.3. The van der Waals surface area contributed by atoms with Crippen LogP contribution in [0.3, 0.4) is 0 Å². The van der Waals surface area contributed by atoms with Crippen molar-refractivity contribution in [2.45, 2.75) is 31.7 Å². The molecule has 180 valence electrons. The fourth-order valence-electron chi connectivity index (χ4n) is 4.75. The molecule has 0 saturated carbocycles. The Balaban J connectivity index is 1.43. The van der Waals surface area contributed by atoms with Crippen molar-refractivity contribution in [3.8, 4) is 0 Å². The molecule has 2 aromatic carbocycles. The second-order valence-electron chi connectivity index (χ2n) is 9.22. The molecule has 2 saturated heterocycles. The summed E-state index contributed by atoms with van der Waals surface area (Å²) in [7, 11) is 2.06. The monoisotopic (exact) mass is 480 g/mol. The maximum atomic E-state index is 13.8. The van der Waals surface area contributed by atoms with Gasteiger partial charge in [0.25, 0.3) is 0 Å². The van der Waals surface area contributed by atoms with Gasteiger partial charge in [-0.25, -0.2) is 0 Å². The van der Waals surface area contributed by atoms with Gasteiger partial charge >= 0.3 is 6.18 Å². The second kappa shape index (κ2) is 10.7. The summed E-state index contributed by atoms with van der Waals surface area (Å²) in [5.74, 6) is 0. The lowest BCUT2D eigenvalue weighted by atomic mass is 9.98. The van der Waals surface area contributed by atoms with E-state index in [0.717, 1.165) is 69.4 Å². The van der Waals surface area contributed by atoms with Crippen LogP contribution < -0.4 is 5.32 Å². The van der Waals surface area contributed by atoms with Crippen molar-refractivity contribution in [1.29, 1.82) is 0 Å². The molecule has 4 rings (SSSR count). The first-order valence-electron chi connectivity index (χ1n) is 11.6. The van der Waals surface area contributed by atoms with Gasteiger partial charge in [-0.1, -0.05) is 35.9 Å². The number of nitrogens with zero attached hydrogens (tertiary/aromatic N) is 3. The third-order valence-corrected chi connectivity index (χ3v) is 6.87. The summed E-state index contributed by atoms with van der Waals surface area (Å²) in [5, 5.41) is 4.22. The Hall–Kier alpha value is -1.64. The average molecular weight is 481 g/mol. The largest absolute Gasteiger partial charge is 0.416 e. The number of hydrogen-bond donors (Lipinski definition) is 1. The maximum Gasteiger partial charge on any atom is 0.416 e. The summed E-state index contributed by atoms with van der Waals surface area (Å²) in [6.45, 7) is 6.98. The van der Waals surface area contributed by atoms with Crippen molar-refractivity contribution >= 4 is 11.6 Å². The zero-order valence-corrected chi connectivity index (χ0v) is 19.8. The van der Waals surface area contributed by atoms with Gasteiger partial charge < -0.3 is 10.2 Å². The van der Waals surface area contributed by atoms with E-state index in [1.165, 1.54) is 11.6 Å². The Morgan fingerprint density at radius 3 is 2.27 bits per heavy atom. The van der Waals surface area contributed by atoms with Gasteiger partial charge in [-0.2, -0.15) is 13.2 Å². The van der Waals surface area contributed by atoms with Crippen LogP contribution in [0.4, 0.5) is 13.2 Å². The van der Waals surface area contributed by atoms with Crippen LogP contribution in [-0.2, 0) is 19.3 Å². The number of likely N-dealkylation sites (N-methyl/N-ethyl adjacent to an activating group) is 1. The van der Waals surface area contributed by atoms with E-state index in [1.54, 1.807) is 12.1 Å². The highest BCUT2D eigenvalue weighted by Crippen LogP contribution is 2.34. The van der Waals surface area contributed by atoms with E-state index in [1.807, 2.05) is 24.3 Å². The predicted octanol–water partition coefficient (Wildman–Crippen LogP) is 4.64. The Kier molecular flexibility index (Phi) is 7.97. The third-order valence-electron chi connectivity index (χ3n) is 6.62. The molecule has 33 heavy (non-hydrogen) atoms. The van der Waals surface area contributed by atoms with Gasteiger partial charge in [0, 0.05) is 56.9 Å². The smallest absolute Gasteiger partial charge is 0.309 e. The maximum absolute atomic E-state index is 13.8. The zero-order chi connectivity index (χ0) is 23.4. The van der Waals surface area contributed by atoms with E-state index in [-0.39, 0.29) is 6.04 Å². The molecule has 0 aromatic heterocycles. The van der Waals surface area contributed by atoms with Crippen LogP contribution in [0.5, 0.6) is 0 Å². The zero-order valence-electron chi connectivity index (χ0n) is 19.0. The molecule has 0 radical (unpaired) electrons. The first kappa shape index (κ1) is 24.5. The van der Waals surface area contributed by atoms with Crippen LogP contribution in [-0.4, -0.2) is 67.6 Å². The predicted molar refractivity (Wildman–Crippen MR) is 126 cm³/mol. The average Bonchev–Trinajstić information content (AvgIpc) is 3.00. The minimum absolute atomic E-state index is 0.0507. The van der Waals surface area contributed by atoms with Crippen LogP contribution >= 0.6 is 11.6 Å². The summed E-state index contributed by atoms with van der Waals surface area (Å²) in [5.41, 5.74) is 1.99. The van der Waals surface area contributed by atoms with Crippen LogP contribution in [0.2, 0.25) is 5.02 Å². The lowest BCUT2D eigenvalue weighted by Crippen LogP contribution is -2.45. The molecular weight excluding hydrogens is 449 g/mol. The van der Waals surface area contributed by atoms with Gasteiger partial charge in [0.1, 0.15) is 0 Å². The van der Waals surface area contributed by atoms with Gasteiger partial charge in [-0.3, -0.25) is 9.80 Å². The molecule has 2 aliphatic heterocycles. The third kappa shape index (κ3) is 6.70. The van der Waals surface area contributed by atoms with Crippen molar-refractivity contribution in [2.24, 2.45) is 0 Å². The highest BCUT2D eigenvalue weighted by molar-refractivity contribution is 6.30. The molecule has 2 aliphatic rings. The molecule has 0 bridgehead atoms. The van der Waals surface area contributed by atoms with Crippen LogP contribution in [0, 0.1) is 0 Å². The number of hydrogen-bond acceptors (Lipinski definition) is 4. The van der Waals surface area contributed by atoms with Gasteiger partial charge in [-0.05, 0) is 61.4 Å². The van der Waals surface area contributed by atoms with Crippen molar-refractivity contribution in [3.05, 3.63) is 69.7 Å². The van der Waals surface area contributed by atoms with Crippen molar-refractivity contribution in [2.75, 3.05) is 52.9 Å². The number of piperazine rings is 1. The fourth-order valence-corrected chi connectivity index (χ4v) is 4.87. The molecule has 2 fully saturated rings. The summed E-state index contributed by atoms with van der Waals surface area (Å²) >= 11 is 5.96. The first-order valence-corrected chi connectivity index (χ1v) is 12.0. The highest BCUT2D eigenvalue weighted by atomic mass is 35.5. The standard InChI is InChI=1S/C25H32ClF3N4/c1-31-10-2-9-30-24(18-31)20-5-8-23(25(27,28)29)21(15-20)17-33-13-11-32(12-14-33)16-19-3-6-22(26)7-4-19/h3-8,15,24,30H,2,9-14,16-18H2,1H3. The molecule has 2 aromatic rings. The van der Waals surface area contributed by atoms with E-state index in [4.69, 9.17) is 11.6 Å². The summed E-state index contributed by atoms with van der Waals surface area (Å²) in [4.78, 5) is 6.72. The minimum Gasteiger partial charge on any atom is -0.309 e. The molecule has 0 amide bonds. The lowest BCUT2D eigenvalue weighted by molar-refractivity contribution is -0.138. The molecule has 1 unspecified atom stereocenters. The molecule has 2 heterocycles. The molecule has 1 atom stereocenters. The van der Waals surface area contributed by atoms with Crippen molar-refractivity contribution in [1.82, 2.24) is 20.0 Å². The van der Waals surface area contributed by atoms with E-state index in [2.05, 4.69) is 27.1 Å². The normalized spacial score (nSPS) is 21.8. The lowest BCUT2D eigenvalue weighted by Gasteiger charge is -2.35. The summed E-state index contributed by atoms with van der Waals surface area (Å²) in [6.07, 6.45) is -3.31. The van der Waals surface area contributed by atoms with Gasteiger partial charge in [-0.15, -0.1) is 0 Å². The number of benzene rings is 2. The second-order valence-corrected chi connectivity index (χ2v) is 9.65. The highest BCUT2D eigenvalue weighted by Gasteiger charge is 2.34. The van der Waals surface area contributed by atoms with E-state index >= 15 is 0 Å². The first-order chi connectivity index (χ1) is 15.8. The van der Waals surface area contributed by atoms with Crippen LogP contribution in [0.15, 0.2) is 42.5 Å². The Morgan fingerprint density at radius 2 is 1.61 bits per heavy atom. The molecule has 1 N–H and O–H groups in total. The number of alkyl halides is 3. The van der Waals surface area contributed by atoms with Gasteiger partial charge in [0.2, 0.25) is 0 Å². The molecule has 0 spiro atoms. The topological polar surface area (TPSA) is 21.8 Å². The van der Waals surface area contributed by atoms with Crippen molar-refractivity contribution in [3.63, 3.8) is 0 Å². The Bertz CT molecular complexity index is 911. The Morgan fingerprint density at radius 1 is 0.939 bits per heavy atom. The van der Waals surface area contributed by atoms with Crippen LogP contribution in [0.25, 0.3) is 0 Å². The number of nitrogens with one attached hydrogen (secondary N) is 1. The SMILES string of the molecule is CN1CCCNC(c2ccc(C(F)(F)F)c(CN3CCN(Cc4ccc(Cl)cc4)CC3)c2)C1. The number of rotatable bonds is 5. The van der Waals surface area contributed by atoms with Gasteiger partial charge in [0.15, 0.2) is 0 Å². The molecule has 0 aliphatic carbocycles. The molecule has 8 heteroatoms. The quantitative estimate of drug-likeness (QED) is 0.672. The number of halogens is 4. The van der Waals surface area contributed by atoms with Crippen molar-refractivity contribution < 1.29 is 13.2 Å².